The Morgan fingerprint density at radius 1 is 1.28 bits per heavy atom. The molecule has 0 aliphatic heterocycles. The van der Waals surface area contributed by atoms with Crippen molar-refractivity contribution in [3.05, 3.63) is 58.4 Å². The average Bonchev–Trinajstić information content (AvgIpc) is 2.35. The first-order valence-corrected chi connectivity index (χ1v) is 5.67. The number of hydrogen-bond donors (Lipinski definition) is 0. The first-order valence-electron chi connectivity index (χ1n) is 5.29. The van der Waals surface area contributed by atoms with E-state index >= 15 is 0 Å². The Bertz CT molecular complexity index is 596. The molecule has 0 aliphatic rings. The van der Waals surface area contributed by atoms with Crippen molar-refractivity contribution in [3.63, 3.8) is 0 Å². The van der Waals surface area contributed by atoms with Gasteiger partial charge in [0.2, 0.25) is 0 Å². The fourth-order valence-corrected chi connectivity index (χ4v) is 1.71. The Hall–Kier alpha value is -1.87. The number of rotatable bonds is 3. The molecule has 0 heterocycles. The largest absolute Gasteiger partial charge is 0.454 e. The first kappa shape index (κ1) is 12.6. The third kappa shape index (κ3) is 2.51. The Kier molecular flexibility index (Phi) is 3.63. The highest BCUT2D eigenvalue weighted by atomic mass is 35.5. The lowest BCUT2D eigenvalue weighted by Crippen LogP contribution is -1.91. The van der Waals surface area contributed by atoms with E-state index in [9.17, 15) is 9.18 Å². The van der Waals surface area contributed by atoms with E-state index in [1.54, 1.807) is 25.1 Å². The van der Waals surface area contributed by atoms with E-state index < -0.39 is 5.82 Å². The van der Waals surface area contributed by atoms with Gasteiger partial charge in [0.05, 0.1) is 5.02 Å². The van der Waals surface area contributed by atoms with Crippen LogP contribution in [0.4, 0.5) is 4.39 Å². The minimum atomic E-state index is -0.409. The van der Waals surface area contributed by atoms with Crippen molar-refractivity contribution in [2.45, 2.75) is 6.92 Å². The van der Waals surface area contributed by atoms with Gasteiger partial charge in [0, 0.05) is 11.6 Å². The highest BCUT2D eigenvalue weighted by Gasteiger charge is 2.08. The molecule has 2 rings (SSSR count). The number of aldehydes is 1. The Balaban J connectivity index is 2.31. The molecule has 0 unspecified atom stereocenters. The summed E-state index contributed by atoms with van der Waals surface area (Å²) in [6.45, 7) is 1.66. The average molecular weight is 265 g/mol. The van der Waals surface area contributed by atoms with Crippen LogP contribution in [0.5, 0.6) is 11.5 Å². The quantitative estimate of drug-likeness (QED) is 0.769. The normalized spacial score (nSPS) is 10.2. The van der Waals surface area contributed by atoms with Gasteiger partial charge < -0.3 is 4.74 Å². The third-order valence-electron chi connectivity index (χ3n) is 2.48. The predicted octanol–water partition coefficient (Wildman–Crippen LogP) is 4.39. The maximum atomic E-state index is 13.7. The van der Waals surface area contributed by atoms with Crippen LogP contribution in [0.3, 0.4) is 0 Å². The highest BCUT2D eigenvalue weighted by Crippen LogP contribution is 2.28. The smallest absolute Gasteiger partial charge is 0.168 e. The maximum Gasteiger partial charge on any atom is 0.168 e. The Labute approximate surface area is 109 Å². The van der Waals surface area contributed by atoms with E-state index in [1.165, 1.54) is 18.2 Å². The fraction of sp³-hybridized carbons (Fsp3) is 0.0714. The Morgan fingerprint density at radius 2 is 2.06 bits per heavy atom. The molecule has 0 saturated heterocycles. The Morgan fingerprint density at radius 3 is 2.72 bits per heavy atom. The molecule has 0 N–H and O–H groups in total. The van der Waals surface area contributed by atoms with Crippen LogP contribution in [-0.2, 0) is 0 Å². The predicted molar refractivity (Wildman–Crippen MR) is 68.1 cm³/mol. The van der Waals surface area contributed by atoms with E-state index in [0.717, 1.165) is 0 Å². The summed E-state index contributed by atoms with van der Waals surface area (Å²) in [4.78, 5) is 10.6. The van der Waals surface area contributed by atoms with Crippen LogP contribution in [-0.4, -0.2) is 6.29 Å². The zero-order chi connectivity index (χ0) is 13.1. The zero-order valence-corrected chi connectivity index (χ0v) is 10.4. The molecule has 2 aromatic rings. The second-order valence-corrected chi connectivity index (χ2v) is 4.20. The van der Waals surface area contributed by atoms with Crippen LogP contribution in [0.1, 0.15) is 15.9 Å². The summed E-state index contributed by atoms with van der Waals surface area (Å²) in [5.74, 6) is 0.105. The second kappa shape index (κ2) is 5.19. The van der Waals surface area contributed by atoms with Gasteiger partial charge in [-0.3, -0.25) is 4.79 Å². The SMILES string of the molecule is Cc1cccc(Oc2ccc(C=O)c(Cl)c2)c1F. The van der Waals surface area contributed by atoms with Gasteiger partial charge in [-0.15, -0.1) is 0 Å². The van der Waals surface area contributed by atoms with Gasteiger partial charge in [-0.05, 0) is 30.7 Å². The zero-order valence-electron chi connectivity index (χ0n) is 9.61. The molecular formula is C14H10ClFO2. The summed E-state index contributed by atoms with van der Waals surface area (Å²) < 4.78 is 19.1. The number of carbonyl (C=O) groups excluding carboxylic acids is 1. The summed E-state index contributed by atoms with van der Waals surface area (Å²) in [7, 11) is 0. The number of carbonyl (C=O) groups is 1. The van der Waals surface area contributed by atoms with Gasteiger partial charge in [-0.2, -0.15) is 0 Å². The third-order valence-corrected chi connectivity index (χ3v) is 2.81. The molecule has 92 valence electrons. The molecule has 0 radical (unpaired) electrons. The molecule has 0 aromatic heterocycles. The monoisotopic (exact) mass is 264 g/mol. The standard InChI is InChI=1S/C14H10ClFO2/c1-9-3-2-4-13(14(9)16)18-11-6-5-10(8-17)12(15)7-11/h2-8H,1H3. The molecular weight excluding hydrogens is 255 g/mol. The summed E-state index contributed by atoms with van der Waals surface area (Å²) in [6.07, 6.45) is 0.652. The van der Waals surface area contributed by atoms with Crippen molar-refractivity contribution in [2.24, 2.45) is 0 Å². The molecule has 0 atom stereocenters. The van der Waals surface area contributed by atoms with Crippen molar-refractivity contribution >= 4 is 17.9 Å². The van der Waals surface area contributed by atoms with E-state index in [2.05, 4.69) is 0 Å². The maximum absolute atomic E-state index is 13.7. The van der Waals surface area contributed by atoms with Gasteiger partial charge in [0.15, 0.2) is 17.9 Å². The summed E-state index contributed by atoms with van der Waals surface area (Å²) in [5, 5.41) is 0.274. The van der Waals surface area contributed by atoms with Crippen molar-refractivity contribution < 1.29 is 13.9 Å². The van der Waals surface area contributed by atoms with Gasteiger partial charge in [0.1, 0.15) is 5.75 Å². The molecule has 0 bridgehead atoms. The fourth-order valence-electron chi connectivity index (χ4n) is 1.49. The van der Waals surface area contributed by atoms with Crippen LogP contribution in [0, 0.1) is 12.7 Å². The van der Waals surface area contributed by atoms with E-state index in [4.69, 9.17) is 16.3 Å². The molecule has 0 spiro atoms. The van der Waals surface area contributed by atoms with Crippen LogP contribution in [0.25, 0.3) is 0 Å². The van der Waals surface area contributed by atoms with E-state index in [-0.39, 0.29) is 10.8 Å². The van der Waals surface area contributed by atoms with Crippen LogP contribution < -0.4 is 4.74 Å². The summed E-state index contributed by atoms with van der Waals surface area (Å²) in [6, 6.07) is 9.46. The van der Waals surface area contributed by atoms with Crippen molar-refractivity contribution in [2.75, 3.05) is 0 Å². The minimum absolute atomic E-state index is 0.130. The molecule has 0 amide bonds. The molecule has 0 fully saturated rings. The van der Waals surface area contributed by atoms with Crippen LogP contribution in [0.2, 0.25) is 5.02 Å². The molecule has 2 aromatic carbocycles. The molecule has 2 nitrogen and oxygen atoms in total. The van der Waals surface area contributed by atoms with Crippen LogP contribution in [0.15, 0.2) is 36.4 Å². The lowest BCUT2D eigenvalue weighted by atomic mass is 10.2. The topological polar surface area (TPSA) is 26.3 Å². The number of halogens is 2. The summed E-state index contributed by atoms with van der Waals surface area (Å²) >= 11 is 5.86. The van der Waals surface area contributed by atoms with E-state index in [1.807, 2.05) is 0 Å². The number of hydrogen-bond acceptors (Lipinski definition) is 2. The van der Waals surface area contributed by atoms with E-state index in [0.29, 0.717) is 23.2 Å². The van der Waals surface area contributed by atoms with Crippen molar-refractivity contribution in [1.29, 1.82) is 0 Å². The van der Waals surface area contributed by atoms with Crippen molar-refractivity contribution in [3.8, 4) is 11.5 Å². The van der Waals surface area contributed by atoms with Crippen LogP contribution >= 0.6 is 11.6 Å². The molecule has 0 aliphatic carbocycles. The number of ether oxygens (including phenoxy) is 1. The minimum Gasteiger partial charge on any atom is -0.454 e. The molecule has 4 heteroatoms. The van der Waals surface area contributed by atoms with Gasteiger partial charge in [-0.25, -0.2) is 4.39 Å². The van der Waals surface area contributed by atoms with Gasteiger partial charge in [0.25, 0.3) is 0 Å². The number of benzene rings is 2. The molecule has 18 heavy (non-hydrogen) atoms. The summed E-state index contributed by atoms with van der Waals surface area (Å²) in [5.41, 5.74) is 0.872. The van der Waals surface area contributed by atoms with Crippen molar-refractivity contribution in [1.82, 2.24) is 0 Å². The lowest BCUT2D eigenvalue weighted by Gasteiger charge is -2.08. The lowest BCUT2D eigenvalue weighted by molar-refractivity contribution is 0.112. The van der Waals surface area contributed by atoms with Gasteiger partial charge in [-0.1, -0.05) is 23.7 Å². The first-order chi connectivity index (χ1) is 8.61. The number of aryl methyl sites for hydroxylation is 1. The second-order valence-electron chi connectivity index (χ2n) is 3.79. The highest BCUT2D eigenvalue weighted by molar-refractivity contribution is 6.33. The van der Waals surface area contributed by atoms with Gasteiger partial charge >= 0.3 is 0 Å². The molecule has 0 saturated carbocycles.